The standard InChI is InChI=1S/C24H27N5O5S.ClH/c1-4-15-5-6-19(32-2)22(11-15)35(30,31)28-24-23-20(33-3)9-16(10-21(23)34-27-24)13-29-14-17-12-25-8-7-18(17)26-29;/h5-6,9-11,14,25H,4,7-8,12-13H2,1-3H3,(H,27,28);1H. The molecule has 0 bridgehead atoms. The van der Waals surface area contributed by atoms with E-state index in [2.05, 4.69) is 20.3 Å². The third-order valence-corrected chi connectivity index (χ3v) is 7.46. The average Bonchev–Trinajstić information content (AvgIpc) is 3.46. The van der Waals surface area contributed by atoms with E-state index in [1.165, 1.54) is 19.8 Å². The molecule has 36 heavy (non-hydrogen) atoms. The summed E-state index contributed by atoms with van der Waals surface area (Å²) in [6, 6.07) is 8.73. The first-order valence-electron chi connectivity index (χ1n) is 11.3. The quantitative estimate of drug-likeness (QED) is 0.353. The van der Waals surface area contributed by atoms with Crippen LogP contribution in [0, 0.1) is 0 Å². The number of rotatable bonds is 8. The molecule has 3 heterocycles. The van der Waals surface area contributed by atoms with Crippen LogP contribution in [-0.2, 0) is 36.0 Å². The van der Waals surface area contributed by atoms with E-state index in [9.17, 15) is 8.42 Å². The molecule has 192 valence electrons. The molecule has 0 aliphatic carbocycles. The van der Waals surface area contributed by atoms with Crippen LogP contribution in [0.25, 0.3) is 11.0 Å². The lowest BCUT2D eigenvalue weighted by molar-refractivity contribution is 0.402. The van der Waals surface area contributed by atoms with Crippen molar-refractivity contribution in [1.29, 1.82) is 0 Å². The highest BCUT2D eigenvalue weighted by molar-refractivity contribution is 7.92. The van der Waals surface area contributed by atoms with Gasteiger partial charge in [-0.05, 0) is 41.8 Å². The maximum Gasteiger partial charge on any atom is 0.266 e. The third-order valence-electron chi connectivity index (χ3n) is 6.10. The van der Waals surface area contributed by atoms with Gasteiger partial charge in [-0.25, -0.2) is 8.42 Å². The molecular formula is C24H28ClN5O5S. The van der Waals surface area contributed by atoms with Crippen LogP contribution in [0.1, 0.15) is 29.3 Å². The van der Waals surface area contributed by atoms with E-state index in [-0.39, 0.29) is 28.9 Å². The average molecular weight is 534 g/mol. The Morgan fingerprint density at radius 2 is 1.94 bits per heavy atom. The molecule has 10 nitrogen and oxygen atoms in total. The Morgan fingerprint density at radius 1 is 1.14 bits per heavy atom. The zero-order valence-corrected chi connectivity index (χ0v) is 21.8. The molecule has 1 aliphatic rings. The lowest BCUT2D eigenvalue weighted by Gasteiger charge is -2.12. The second kappa shape index (κ2) is 10.4. The normalized spacial score (nSPS) is 13.2. The minimum absolute atomic E-state index is 0. The molecule has 0 atom stereocenters. The minimum atomic E-state index is -4.01. The van der Waals surface area contributed by atoms with Gasteiger partial charge in [0.15, 0.2) is 11.4 Å². The zero-order chi connectivity index (χ0) is 24.6. The number of fused-ring (bicyclic) bond motifs is 2. The predicted octanol–water partition coefficient (Wildman–Crippen LogP) is 3.52. The maximum atomic E-state index is 13.3. The SMILES string of the molecule is CCc1ccc(OC)c(S(=O)(=O)Nc2noc3cc(Cn4cc5c(n4)CCNC5)cc(OC)c23)c1.Cl. The van der Waals surface area contributed by atoms with Crippen molar-refractivity contribution in [2.75, 3.05) is 25.5 Å². The number of benzene rings is 2. The number of sulfonamides is 1. The largest absolute Gasteiger partial charge is 0.496 e. The first kappa shape index (κ1) is 25.8. The van der Waals surface area contributed by atoms with Crippen molar-refractivity contribution < 1.29 is 22.4 Å². The predicted molar refractivity (Wildman–Crippen MR) is 138 cm³/mol. The van der Waals surface area contributed by atoms with Crippen molar-refractivity contribution in [3.05, 3.63) is 58.9 Å². The molecule has 0 spiro atoms. The number of ether oxygens (including phenoxy) is 2. The monoisotopic (exact) mass is 533 g/mol. The van der Waals surface area contributed by atoms with E-state index in [0.717, 1.165) is 36.3 Å². The third kappa shape index (κ3) is 4.86. The summed E-state index contributed by atoms with van der Waals surface area (Å²) in [4.78, 5) is 0.0308. The minimum Gasteiger partial charge on any atom is -0.496 e. The summed E-state index contributed by atoms with van der Waals surface area (Å²) in [6.07, 6.45) is 3.63. The Kier molecular flexibility index (Phi) is 7.43. The number of nitrogens with one attached hydrogen (secondary N) is 2. The van der Waals surface area contributed by atoms with Crippen LogP contribution in [0.4, 0.5) is 5.82 Å². The van der Waals surface area contributed by atoms with Crippen LogP contribution in [0.5, 0.6) is 11.5 Å². The van der Waals surface area contributed by atoms with E-state index in [1.807, 2.05) is 36.0 Å². The van der Waals surface area contributed by atoms with Crippen LogP contribution in [-0.4, -0.2) is 44.1 Å². The lowest BCUT2D eigenvalue weighted by atomic mass is 10.1. The fraction of sp³-hybridized carbons (Fsp3) is 0.333. The Labute approximate surface area is 215 Å². The Morgan fingerprint density at radius 3 is 2.67 bits per heavy atom. The Hall–Kier alpha value is -3.28. The number of aromatic nitrogens is 3. The van der Waals surface area contributed by atoms with Crippen LogP contribution < -0.4 is 19.5 Å². The number of aryl methyl sites for hydroxylation is 1. The molecule has 5 rings (SSSR count). The number of anilines is 1. The molecule has 0 unspecified atom stereocenters. The summed E-state index contributed by atoms with van der Waals surface area (Å²) in [5.41, 5.74) is 4.48. The fourth-order valence-corrected chi connectivity index (χ4v) is 5.53. The van der Waals surface area contributed by atoms with Crippen molar-refractivity contribution in [3.8, 4) is 11.5 Å². The smallest absolute Gasteiger partial charge is 0.266 e. The van der Waals surface area contributed by atoms with Gasteiger partial charge in [-0.1, -0.05) is 18.1 Å². The van der Waals surface area contributed by atoms with Gasteiger partial charge in [-0.15, -0.1) is 12.4 Å². The molecule has 0 saturated carbocycles. The summed E-state index contributed by atoms with van der Waals surface area (Å²) in [6.45, 7) is 4.21. The van der Waals surface area contributed by atoms with Gasteiger partial charge in [0.2, 0.25) is 0 Å². The first-order valence-corrected chi connectivity index (χ1v) is 12.8. The summed E-state index contributed by atoms with van der Waals surface area (Å²) in [7, 11) is -1.05. The summed E-state index contributed by atoms with van der Waals surface area (Å²) in [5, 5.41) is 12.5. The van der Waals surface area contributed by atoms with E-state index in [0.29, 0.717) is 29.7 Å². The van der Waals surface area contributed by atoms with Crippen molar-refractivity contribution in [2.45, 2.75) is 37.8 Å². The van der Waals surface area contributed by atoms with E-state index >= 15 is 0 Å². The van der Waals surface area contributed by atoms with Gasteiger partial charge in [0, 0.05) is 31.3 Å². The number of halogens is 1. The molecule has 0 fully saturated rings. The highest BCUT2D eigenvalue weighted by Crippen LogP contribution is 2.36. The van der Waals surface area contributed by atoms with Crippen molar-refractivity contribution in [2.24, 2.45) is 0 Å². The summed E-state index contributed by atoms with van der Waals surface area (Å²) >= 11 is 0. The van der Waals surface area contributed by atoms with Crippen molar-refractivity contribution in [1.82, 2.24) is 20.3 Å². The van der Waals surface area contributed by atoms with Gasteiger partial charge in [0.25, 0.3) is 10.0 Å². The summed E-state index contributed by atoms with van der Waals surface area (Å²) in [5.74, 6) is 0.742. The zero-order valence-electron chi connectivity index (χ0n) is 20.2. The molecule has 0 amide bonds. The second-order valence-electron chi connectivity index (χ2n) is 8.37. The Bertz CT molecular complexity index is 1470. The molecule has 12 heteroatoms. The van der Waals surface area contributed by atoms with Crippen molar-refractivity contribution in [3.63, 3.8) is 0 Å². The van der Waals surface area contributed by atoms with Crippen molar-refractivity contribution >= 4 is 39.2 Å². The number of methoxy groups -OCH3 is 2. The van der Waals surface area contributed by atoms with E-state index in [4.69, 9.17) is 14.0 Å². The molecular weight excluding hydrogens is 506 g/mol. The van der Waals surface area contributed by atoms with Crippen LogP contribution in [0.15, 0.2) is 45.9 Å². The van der Waals surface area contributed by atoms with Gasteiger partial charge >= 0.3 is 0 Å². The highest BCUT2D eigenvalue weighted by atomic mass is 35.5. The van der Waals surface area contributed by atoms with Gasteiger partial charge < -0.3 is 19.3 Å². The van der Waals surface area contributed by atoms with Gasteiger partial charge in [-0.3, -0.25) is 9.40 Å². The topological polar surface area (TPSA) is 121 Å². The Balaban J connectivity index is 0.00000304. The van der Waals surface area contributed by atoms with Gasteiger partial charge in [-0.2, -0.15) is 5.10 Å². The van der Waals surface area contributed by atoms with Crippen LogP contribution in [0.3, 0.4) is 0 Å². The molecule has 1 aliphatic heterocycles. The van der Waals surface area contributed by atoms with E-state index in [1.54, 1.807) is 12.1 Å². The van der Waals surface area contributed by atoms with Gasteiger partial charge in [0.05, 0.1) is 26.5 Å². The first-order chi connectivity index (χ1) is 16.9. The summed E-state index contributed by atoms with van der Waals surface area (Å²) < 4.78 is 47.3. The molecule has 2 aromatic carbocycles. The number of hydrogen-bond acceptors (Lipinski definition) is 8. The highest BCUT2D eigenvalue weighted by Gasteiger charge is 2.25. The molecule has 0 radical (unpaired) electrons. The maximum absolute atomic E-state index is 13.3. The van der Waals surface area contributed by atoms with E-state index < -0.39 is 10.0 Å². The fourth-order valence-electron chi connectivity index (χ4n) is 4.30. The molecule has 2 aromatic heterocycles. The molecule has 4 aromatic rings. The van der Waals surface area contributed by atoms with Crippen LogP contribution in [0.2, 0.25) is 0 Å². The molecule has 0 saturated heterocycles. The number of nitrogens with zero attached hydrogens (tertiary/aromatic N) is 3. The molecule has 2 N–H and O–H groups in total. The number of hydrogen-bond donors (Lipinski definition) is 2. The second-order valence-corrected chi connectivity index (χ2v) is 10.0. The van der Waals surface area contributed by atoms with Crippen LogP contribution >= 0.6 is 12.4 Å². The van der Waals surface area contributed by atoms with Gasteiger partial charge in [0.1, 0.15) is 21.8 Å². The lowest BCUT2D eigenvalue weighted by Crippen LogP contribution is -2.22.